The summed E-state index contributed by atoms with van der Waals surface area (Å²) in [4.78, 5) is 19.0. The lowest BCUT2D eigenvalue weighted by Crippen LogP contribution is -2.21. The summed E-state index contributed by atoms with van der Waals surface area (Å²) in [6.45, 7) is 2.19. The van der Waals surface area contributed by atoms with E-state index in [2.05, 4.69) is 10.1 Å². The quantitative estimate of drug-likeness (QED) is 0.686. The molecule has 8 heteroatoms. The van der Waals surface area contributed by atoms with E-state index in [0.717, 1.165) is 0 Å². The van der Waals surface area contributed by atoms with Crippen molar-refractivity contribution in [2.45, 2.75) is 13.1 Å². The zero-order valence-corrected chi connectivity index (χ0v) is 7.51. The maximum absolute atomic E-state index is 10.6. The number of carboxylic acids is 1. The third kappa shape index (κ3) is 10.5. The lowest BCUT2D eigenvalue weighted by Gasteiger charge is -1.95. The summed E-state index contributed by atoms with van der Waals surface area (Å²) in [5.74, 6) is -2.76. The minimum atomic E-state index is -5.08. The maximum atomic E-state index is 10.6. The highest BCUT2D eigenvalue weighted by molar-refractivity contribution is 5.73. The van der Waals surface area contributed by atoms with Crippen LogP contribution in [0.15, 0.2) is 0 Å². The van der Waals surface area contributed by atoms with Gasteiger partial charge in [-0.25, -0.2) is 9.59 Å². The Balaban J connectivity index is 0. The van der Waals surface area contributed by atoms with E-state index >= 15 is 0 Å². The van der Waals surface area contributed by atoms with Crippen molar-refractivity contribution in [2.75, 3.05) is 13.7 Å². The van der Waals surface area contributed by atoms with Gasteiger partial charge in [0.2, 0.25) is 0 Å². The smallest absolute Gasteiger partial charge is 0.475 e. The molecule has 0 aromatic rings. The van der Waals surface area contributed by atoms with Crippen molar-refractivity contribution in [1.29, 1.82) is 0 Å². The Hall–Kier alpha value is -1.47. The Kier molecular flexibility index (Phi) is 7.49. The van der Waals surface area contributed by atoms with Crippen molar-refractivity contribution in [1.82, 2.24) is 5.32 Å². The highest BCUT2D eigenvalue weighted by Crippen LogP contribution is 2.13. The number of ether oxygens (including phenoxy) is 1. The second-order valence-electron chi connectivity index (χ2n) is 1.77. The first-order valence-corrected chi connectivity index (χ1v) is 3.40. The molecule has 0 aliphatic rings. The molecule has 0 heterocycles. The molecule has 0 saturated carbocycles. The van der Waals surface area contributed by atoms with Gasteiger partial charge in [0.05, 0.1) is 6.61 Å². The maximum Gasteiger partial charge on any atom is 0.490 e. The average Bonchev–Trinajstić information content (AvgIpc) is 2.04. The lowest BCUT2D eigenvalue weighted by atomic mass is 10.7. The van der Waals surface area contributed by atoms with Crippen molar-refractivity contribution in [3.05, 3.63) is 0 Å². The Morgan fingerprint density at radius 1 is 1.43 bits per heavy atom. The molecule has 0 aromatic carbocycles. The van der Waals surface area contributed by atoms with Crippen molar-refractivity contribution < 1.29 is 32.6 Å². The topological polar surface area (TPSA) is 75.6 Å². The minimum absolute atomic E-state index is 0.373. The Morgan fingerprint density at radius 3 is 1.86 bits per heavy atom. The molecule has 0 unspecified atom stereocenters. The standard InChI is InChI=1S/C4H9NO2.C2HF3O2/c1-3-7-4(6)5-2;3-2(4,5)1(6)7/h3H2,1-2H3,(H,5,6);(H,6,7). The number of rotatable bonds is 1. The largest absolute Gasteiger partial charge is 0.490 e. The highest BCUT2D eigenvalue weighted by Gasteiger charge is 2.38. The van der Waals surface area contributed by atoms with E-state index in [9.17, 15) is 18.0 Å². The molecule has 0 bridgehead atoms. The van der Waals surface area contributed by atoms with Gasteiger partial charge < -0.3 is 15.2 Å². The van der Waals surface area contributed by atoms with Gasteiger partial charge in [0, 0.05) is 7.05 Å². The lowest BCUT2D eigenvalue weighted by molar-refractivity contribution is -0.192. The van der Waals surface area contributed by atoms with Gasteiger partial charge in [0.1, 0.15) is 0 Å². The van der Waals surface area contributed by atoms with Gasteiger partial charge in [-0.1, -0.05) is 0 Å². The van der Waals surface area contributed by atoms with Crippen molar-refractivity contribution in [3.8, 4) is 0 Å². The van der Waals surface area contributed by atoms with Gasteiger partial charge in [-0.15, -0.1) is 0 Å². The summed E-state index contributed by atoms with van der Waals surface area (Å²) in [6, 6.07) is 0. The molecular formula is C6H10F3NO4. The van der Waals surface area contributed by atoms with Crippen LogP contribution < -0.4 is 5.32 Å². The van der Waals surface area contributed by atoms with E-state index in [1.807, 2.05) is 0 Å². The SMILES string of the molecule is CCOC(=O)NC.O=C(O)C(F)(F)F. The van der Waals surface area contributed by atoms with Crippen molar-refractivity contribution in [2.24, 2.45) is 0 Å². The summed E-state index contributed by atoms with van der Waals surface area (Å²) >= 11 is 0. The van der Waals surface area contributed by atoms with E-state index in [1.165, 1.54) is 7.05 Å². The molecule has 0 aromatic heterocycles. The molecule has 14 heavy (non-hydrogen) atoms. The van der Waals surface area contributed by atoms with Crippen LogP contribution in [-0.4, -0.2) is 37.0 Å². The average molecular weight is 217 g/mol. The fourth-order valence-electron chi connectivity index (χ4n) is 0.203. The van der Waals surface area contributed by atoms with Crippen LogP contribution in [0.1, 0.15) is 6.92 Å². The first-order valence-electron chi connectivity index (χ1n) is 3.40. The van der Waals surface area contributed by atoms with Gasteiger partial charge in [-0.05, 0) is 6.92 Å². The fraction of sp³-hybridized carbons (Fsp3) is 0.667. The number of hydrogen-bond donors (Lipinski definition) is 2. The Bertz CT molecular complexity index is 192. The number of nitrogens with one attached hydrogen (secondary N) is 1. The summed E-state index contributed by atoms with van der Waals surface area (Å²) in [6.07, 6.45) is -5.46. The Labute approximate surface area is 77.8 Å². The first-order chi connectivity index (χ1) is 6.25. The monoisotopic (exact) mass is 217 g/mol. The molecule has 0 radical (unpaired) electrons. The summed E-state index contributed by atoms with van der Waals surface area (Å²) in [5, 5.41) is 9.43. The molecule has 0 rings (SSSR count). The van der Waals surface area contributed by atoms with Crippen LogP contribution in [0, 0.1) is 0 Å². The van der Waals surface area contributed by atoms with Crippen molar-refractivity contribution in [3.63, 3.8) is 0 Å². The number of hydrogen-bond acceptors (Lipinski definition) is 3. The zero-order chi connectivity index (χ0) is 11.8. The van der Waals surface area contributed by atoms with Gasteiger partial charge in [0.25, 0.3) is 0 Å². The molecular weight excluding hydrogens is 207 g/mol. The predicted molar refractivity (Wildman–Crippen MR) is 39.8 cm³/mol. The predicted octanol–water partition coefficient (Wildman–Crippen LogP) is 0.996. The van der Waals surface area contributed by atoms with E-state index in [4.69, 9.17) is 9.90 Å². The molecule has 0 fully saturated rings. The van der Waals surface area contributed by atoms with Crippen LogP contribution in [0.2, 0.25) is 0 Å². The molecule has 84 valence electrons. The number of carboxylic acid groups (broad SMARTS) is 1. The molecule has 0 atom stereocenters. The molecule has 0 spiro atoms. The Morgan fingerprint density at radius 2 is 1.79 bits per heavy atom. The normalized spacial score (nSPS) is 9.50. The second kappa shape index (κ2) is 6.98. The first kappa shape index (κ1) is 15.0. The van der Waals surface area contributed by atoms with Gasteiger partial charge in [-0.3, -0.25) is 0 Å². The van der Waals surface area contributed by atoms with Crippen LogP contribution >= 0.6 is 0 Å². The molecule has 0 aliphatic heterocycles. The number of carbonyl (C=O) groups excluding carboxylic acids is 1. The van der Waals surface area contributed by atoms with Gasteiger partial charge in [0.15, 0.2) is 0 Å². The van der Waals surface area contributed by atoms with Gasteiger partial charge >= 0.3 is 18.2 Å². The third-order valence-corrected chi connectivity index (χ3v) is 0.722. The van der Waals surface area contributed by atoms with E-state index in [0.29, 0.717) is 6.61 Å². The van der Waals surface area contributed by atoms with Crippen LogP contribution in [0.3, 0.4) is 0 Å². The summed E-state index contributed by atoms with van der Waals surface area (Å²) in [7, 11) is 1.53. The second-order valence-corrected chi connectivity index (χ2v) is 1.77. The van der Waals surface area contributed by atoms with Crippen molar-refractivity contribution >= 4 is 12.1 Å². The molecule has 5 nitrogen and oxygen atoms in total. The number of halogens is 3. The number of alkyl carbamates (subject to hydrolysis) is 1. The number of carbonyl (C=O) groups is 2. The van der Waals surface area contributed by atoms with Crippen LogP contribution in [0.5, 0.6) is 0 Å². The molecule has 0 saturated heterocycles. The third-order valence-electron chi connectivity index (χ3n) is 0.722. The van der Waals surface area contributed by atoms with E-state index in [-0.39, 0.29) is 6.09 Å². The summed E-state index contributed by atoms with van der Waals surface area (Å²) < 4.78 is 36.2. The number of aliphatic carboxylic acids is 1. The van der Waals surface area contributed by atoms with Crippen LogP contribution in [0.4, 0.5) is 18.0 Å². The fourth-order valence-corrected chi connectivity index (χ4v) is 0.203. The molecule has 2 N–H and O–H groups in total. The molecule has 1 amide bonds. The zero-order valence-electron chi connectivity index (χ0n) is 7.51. The number of alkyl halides is 3. The number of amides is 1. The minimum Gasteiger partial charge on any atom is -0.475 e. The summed E-state index contributed by atoms with van der Waals surface area (Å²) in [5.41, 5.74) is 0. The van der Waals surface area contributed by atoms with Gasteiger partial charge in [-0.2, -0.15) is 13.2 Å². The molecule has 0 aliphatic carbocycles. The van der Waals surface area contributed by atoms with Crippen LogP contribution in [0.25, 0.3) is 0 Å². The highest BCUT2D eigenvalue weighted by atomic mass is 19.4. The van der Waals surface area contributed by atoms with E-state index in [1.54, 1.807) is 6.92 Å². The van der Waals surface area contributed by atoms with Crippen LogP contribution in [-0.2, 0) is 9.53 Å². The van der Waals surface area contributed by atoms with E-state index < -0.39 is 12.1 Å².